The molecule has 0 bridgehead atoms. The van der Waals surface area contributed by atoms with Gasteiger partial charge in [0.05, 0.1) is 5.56 Å². The van der Waals surface area contributed by atoms with Crippen molar-refractivity contribution >= 4 is 21.6 Å². The average molecular weight is 261 g/mol. The molecule has 0 aromatic carbocycles. The van der Waals surface area contributed by atoms with Crippen molar-refractivity contribution in [3.63, 3.8) is 0 Å². The zero-order valence-corrected chi connectivity index (χ0v) is 8.49. The first kappa shape index (κ1) is 12.2. The van der Waals surface area contributed by atoms with E-state index in [9.17, 15) is 21.6 Å². The van der Waals surface area contributed by atoms with E-state index in [0.29, 0.717) is 12.3 Å². The molecule has 4 nitrogen and oxygen atoms in total. The fraction of sp³-hybridized carbons (Fsp3) is 0.167. The summed E-state index contributed by atoms with van der Waals surface area (Å²) in [6, 6.07) is 0.338. The first-order chi connectivity index (χ1) is 6.62. The number of pyridine rings is 1. The Balaban J connectivity index is 3.43. The summed E-state index contributed by atoms with van der Waals surface area (Å²) in [4.78, 5) is 2.25. The van der Waals surface area contributed by atoms with Gasteiger partial charge in [0.2, 0.25) is 10.0 Å². The Labute approximate surface area is 87.9 Å². The van der Waals surface area contributed by atoms with E-state index in [1.807, 2.05) is 0 Å². The molecule has 2 N–H and O–H groups in total. The van der Waals surface area contributed by atoms with Crippen LogP contribution in [0.4, 0.5) is 13.2 Å². The SMILES string of the molecule is NS(=O)(=O)c1cc(C(F)(F)F)cnc1Cl. The van der Waals surface area contributed by atoms with Crippen LogP contribution in [-0.4, -0.2) is 13.4 Å². The van der Waals surface area contributed by atoms with E-state index < -0.39 is 31.8 Å². The predicted molar refractivity (Wildman–Crippen MR) is 45.6 cm³/mol. The molecular formula is C6H4ClF3N2O2S. The number of nitrogens with zero attached hydrogens (tertiary/aromatic N) is 1. The van der Waals surface area contributed by atoms with Crippen LogP contribution in [0.25, 0.3) is 0 Å². The minimum Gasteiger partial charge on any atom is -0.242 e. The van der Waals surface area contributed by atoms with Gasteiger partial charge in [-0.2, -0.15) is 13.2 Å². The van der Waals surface area contributed by atoms with Gasteiger partial charge in [0, 0.05) is 6.20 Å². The number of sulfonamides is 1. The zero-order valence-electron chi connectivity index (χ0n) is 6.92. The molecule has 0 amide bonds. The highest BCUT2D eigenvalue weighted by Crippen LogP contribution is 2.31. The topological polar surface area (TPSA) is 73.1 Å². The molecule has 1 rings (SSSR count). The lowest BCUT2D eigenvalue weighted by Crippen LogP contribution is -2.15. The van der Waals surface area contributed by atoms with Crippen LogP contribution in [0.3, 0.4) is 0 Å². The Bertz CT molecular complexity index is 486. The maximum Gasteiger partial charge on any atom is 0.417 e. The minimum absolute atomic E-state index is 0.338. The van der Waals surface area contributed by atoms with Gasteiger partial charge in [-0.3, -0.25) is 0 Å². The van der Waals surface area contributed by atoms with E-state index in [0.717, 1.165) is 0 Å². The summed E-state index contributed by atoms with van der Waals surface area (Å²) in [5.74, 6) is 0. The van der Waals surface area contributed by atoms with Crippen molar-refractivity contribution in [2.75, 3.05) is 0 Å². The van der Waals surface area contributed by atoms with Gasteiger partial charge in [-0.05, 0) is 6.07 Å². The van der Waals surface area contributed by atoms with Gasteiger partial charge in [0.15, 0.2) is 0 Å². The third-order valence-corrected chi connectivity index (χ3v) is 2.78. The minimum atomic E-state index is -4.70. The lowest BCUT2D eigenvalue weighted by atomic mass is 10.3. The fourth-order valence-corrected chi connectivity index (χ4v) is 1.79. The van der Waals surface area contributed by atoms with Crippen molar-refractivity contribution in [2.24, 2.45) is 5.14 Å². The Kier molecular flexibility index (Phi) is 2.94. The van der Waals surface area contributed by atoms with Crippen molar-refractivity contribution in [1.82, 2.24) is 4.98 Å². The molecule has 0 atom stereocenters. The monoisotopic (exact) mass is 260 g/mol. The lowest BCUT2D eigenvalue weighted by molar-refractivity contribution is -0.138. The lowest BCUT2D eigenvalue weighted by Gasteiger charge is -2.07. The van der Waals surface area contributed by atoms with Crippen LogP contribution in [0.5, 0.6) is 0 Å². The van der Waals surface area contributed by atoms with Crippen LogP contribution in [0.15, 0.2) is 17.2 Å². The van der Waals surface area contributed by atoms with Crippen molar-refractivity contribution in [3.05, 3.63) is 23.0 Å². The Morgan fingerprint density at radius 3 is 2.33 bits per heavy atom. The number of aromatic nitrogens is 1. The summed E-state index contributed by atoms with van der Waals surface area (Å²) >= 11 is 5.29. The van der Waals surface area contributed by atoms with E-state index in [2.05, 4.69) is 10.1 Å². The van der Waals surface area contributed by atoms with Crippen LogP contribution in [0.1, 0.15) is 5.56 Å². The molecule has 1 aromatic rings. The highest BCUT2D eigenvalue weighted by molar-refractivity contribution is 7.89. The molecule has 15 heavy (non-hydrogen) atoms. The largest absolute Gasteiger partial charge is 0.417 e. The second-order valence-electron chi connectivity index (χ2n) is 2.56. The highest BCUT2D eigenvalue weighted by Gasteiger charge is 2.32. The van der Waals surface area contributed by atoms with Crippen molar-refractivity contribution in [1.29, 1.82) is 0 Å². The van der Waals surface area contributed by atoms with Gasteiger partial charge in [-0.1, -0.05) is 11.6 Å². The van der Waals surface area contributed by atoms with Gasteiger partial charge in [-0.25, -0.2) is 18.5 Å². The van der Waals surface area contributed by atoms with E-state index in [-0.39, 0.29) is 0 Å². The Morgan fingerprint density at radius 1 is 1.40 bits per heavy atom. The molecule has 1 aromatic heterocycles. The number of halogens is 4. The number of primary sulfonamides is 1. The molecule has 0 aliphatic heterocycles. The van der Waals surface area contributed by atoms with Crippen molar-refractivity contribution in [3.8, 4) is 0 Å². The quantitative estimate of drug-likeness (QED) is 0.776. The van der Waals surface area contributed by atoms with Crippen LogP contribution >= 0.6 is 11.6 Å². The molecule has 0 saturated heterocycles. The van der Waals surface area contributed by atoms with Gasteiger partial charge >= 0.3 is 6.18 Å². The third-order valence-electron chi connectivity index (χ3n) is 1.44. The van der Waals surface area contributed by atoms with Gasteiger partial charge in [0.1, 0.15) is 10.0 Å². The van der Waals surface area contributed by atoms with Crippen LogP contribution < -0.4 is 5.14 Å². The Morgan fingerprint density at radius 2 is 1.93 bits per heavy atom. The fourth-order valence-electron chi connectivity index (χ4n) is 0.782. The third kappa shape index (κ3) is 2.80. The normalized spacial score (nSPS) is 12.9. The van der Waals surface area contributed by atoms with Crippen LogP contribution in [0.2, 0.25) is 5.15 Å². The Hall–Kier alpha value is -0.860. The van der Waals surface area contributed by atoms with E-state index in [1.54, 1.807) is 0 Å². The second kappa shape index (κ2) is 3.62. The summed E-state index contributed by atoms with van der Waals surface area (Å²) in [6.45, 7) is 0. The van der Waals surface area contributed by atoms with E-state index in [1.165, 1.54) is 0 Å². The first-order valence-electron chi connectivity index (χ1n) is 3.38. The predicted octanol–water partition coefficient (Wildman–Crippen LogP) is 1.40. The molecule has 0 fully saturated rings. The molecule has 0 radical (unpaired) electrons. The first-order valence-corrected chi connectivity index (χ1v) is 5.30. The molecule has 1 heterocycles. The standard InChI is InChI=1S/C6H4ClF3N2O2S/c7-5-4(15(11,13)14)1-3(2-12-5)6(8,9)10/h1-2H,(H2,11,13,14). The van der Waals surface area contributed by atoms with Gasteiger partial charge < -0.3 is 0 Å². The molecule has 0 aliphatic carbocycles. The maximum atomic E-state index is 12.2. The summed E-state index contributed by atoms with van der Waals surface area (Å²) in [6.07, 6.45) is -4.27. The number of rotatable bonds is 1. The van der Waals surface area contributed by atoms with Gasteiger partial charge in [-0.15, -0.1) is 0 Å². The molecule has 0 aliphatic rings. The van der Waals surface area contributed by atoms with Crippen LogP contribution in [-0.2, 0) is 16.2 Å². The van der Waals surface area contributed by atoms with Crippen molar-refractivity contribution < 1.29 is 21.6 Å². The molecule has 0 saturated carbocycles. The van der Waals surface area contributed by atoms with Gasteiger partial charge in [0.25, 0.3) is 0 Å². The average Bonchev–Trinajstić information content (AvgIpc) is 2.00. The second-order valence-corrected chi connectivity index (χ2v) is 4.44. The molecule has 84 valence electrons. The zero-order chi connectivity index (χ0) is 11.9. The smallest absolute Gasteiger partial charge is 0.242 e. The van der Waals surface area contributed by atoms with Crippen LogP contribution in [0, 0.1) is 0 Å². The highest BCUT2D eigenvalue weighted by atomic mass is 35.5. The summed E-state index contributed by atoms with van der Waals surface area (Å²) in [5, 5.41) is 4.06. The maximum absolute atomic E-state index is 12.2. The number of alkyl halides is 3. The van der Waals surface area contributed by atoms with Crippen molar-refractivity contribution in [2.45, 2.75) is 11.1 Å². The molecule has 0 unspecified atom stereocenters. The molecular weight excluding hydrogens is 257 g/mol. The number of hydrogen-bond acceptors (Lipinski definition) is 3. The summed E-state index contributed by atoms with van der Waals surface area (Å²) < 4.78 is 58.1. The summed E-state index contributed by atoms with van der Waals surface area (Å²) in [5.41, 5.74) is -1.23. The summed E-state index contributed by atoms with van der Waals surface area (Å²) in [7, 11) is -4.31. The molecule has 9 heteroatoms. The van der Waals surface area contributed by atoms with E-state index in [4.69, 9.17) is 11.6 Å². The van der Waals surface area contributed by atoms with E-state index >= 15 is 0 Å². The number of nitrogens with two attached hydrogens (primary N) is 1. The molecule has 0 spiro atoms. The number of hydrogen-bond donors (Lipinski definition) is 1.